The standard InChI is InChI=1S/C22H25N5O2/c1-5-20(28)26(4)18-13-11-17(12-14-18)23-22(29)24-21-15(2)25-27(16(21)3)19-9-7-6-8-10-19/h6-14H,5H2,1-4H3,(H2,23,24,29). The number of hydrogen-bond acceptors (Lipinski definition) is 3. The second-order valence-electron chi connectivity index (χ2n) is 6.73. The highest BCUT2D eigenvalue weighted by Gasteiger charge is 2.15. The lowest BCUT2D eigenvalue weighted by Crippen LogP contribution is -2.25. The first-order valence-electron chi connectivity index (χ1n) is 9.47. The molecule has 0 fully saturated rings. The molecule has 0 aliphatic heterocycles. The van der Waals surface area contributed by atoms with E-state index in [1.165, 1.54) is 0 Å². The molecule has 0 bridgehead atoms. The summed E-state index contributed by atoms with van der Waals surface area (Å²) in [7, 11) is 1.73. The molecular weight excluding hydrogens is 366 g/mol. The van der Waals surface area contributed by atoms with Gasteiger partial charge in [-0.2, -0.15) is 5.10 Å². The molecule has 7 nitrogen and oxygen atoms in total. The number of hydrogen-bond donors (Lipinski definition) is 2. The summed E-state index contributed by atoms with van der Waals surface area (Å²) in [5.74, 6) is 0.0323. The third kappa shape index (κ3) is 4.45. The summed E-state index contributed by atoms with van der Waals surface area (Å²) >= 11 is 0. The fourth-order valence-electron chi connectivity index (χ4n) is 3.07. The predicted octanol–water partition coefficient (Wildman–Crippen LogP) is 4.51. The van der Waals surface area contributed by atoms with Crippen molar-refractivity contribution in [2.75, 3.05) is 22.6 Å². The highest BCUT2D eigenvalue weighted by molar-refractivity contribution is 6.01. The Morgan fingerprint density at radius 2 is 1.66 bits per heavy atom. The summed E-state index contributed by atoms with van der Waals surface area (Å²) < 4.78 is 1.81. The molecule has 29 heavy (non-hydrogen) atoms. The van der Waals surface area contributed by atoms with Crippen LogP contribution >= 0.6 is 0 Å². The number of aryl methyl sites for hydroxylation is 1. The van der Waals surface area contributed by atoms with Crippen LogP contribution < -0.4 is 15.5 Å². The maximum Gasteiger partial charge on any atom is 0.323 e. The quantitative estimate of drug-likeness (QED) is 0.672. The van der Waals surface area contributed by atoms with Crippen molar-refractivity contribution in [1.29, 1.82) is 0 Å². The van der Waals surface area contributed by atoms with Crippen LogP contribution in [0.15, 0.2) is 54.6 Å². The van der Waals surface area contributed by atoms with Gasteiger partial charge < -0.3 is 15.5 Å². The fourth-order valence-corrected chi connectivity index (χ4v) is 3.07. The van der Waals surface area contributed by atoms with Crippen LogP contribution in [0.2, 0.25) is 0 Å². The van der Waals surface area contributed by atoms with Crippen LogP contribution in [0, 0.1) is 13.8 Å². The van der Waals surface area contributed by atoms with Gasteiger partial charge in [0.25, 0.3) is 0 Å². The summed E-state index contributed by atoms with van der Waals surface area (Å²) in [5, 5.41) is 10.2. The molecule has 3 aromatic rings. The SMILES string of the molecule is CCC(=O)N(C)c1ccc(NC(=O)Nc2c(C)nn(-c3ccccc3)c2C)cc1. The lowest BCUT2D eigenvalue weighted by atomic mass is 10.2. The fraction of sp³-hybridized carbons (Fsp3) is 0.227. The molecule has 0 radical (unpaired) electrons. The Bertz CT molecular complexity index is 1010. The van der Waals surface area contributed by atoms with Crippen molar-refractivity contribution in [3.8, 4) is 5.69 Å². The molecule has 1 aromatic heterocycles. The van der Waals surface area contributed by atoms with E-state index < -0.39 is 0 Å². The first-order valence-corrected chi connectivity index (χ1v) is 9.47. The number of benzene rings is 2. The van der Waals surface area contributed by atoms with Gasteiger partial charge in [0, 0.05) is 24.8 Å². The molecule has 2 N–H and O–H groups in total. The van der Waals surface area contributed by atoms with Crippen LogP contribution in [0.4, 0.5) is 21.9 Å². The summed E-state index contributed by atoms with van der Waals surface area (Å²) in [6, 6.07) is 16.5. The highest BCUT2D eigenvalue weighted by atomic mass is 16.2. The first kappa shape index (κ1) is 20.1. The van der Waals surface area contributed by atoms with Gasteiger partial charge in [0.05, 0.1) is 22.8 Å². The van der Waals surface area contributed by atoms with E-state index in [1.54, 1.807) is 40.9 Å². The molecule has 150 valence electrons. The molecule has 0 atom stereocenters. The molecule has 1 heterocycles. The minimum atomic E-state index is -0.352. The molecule has 0 spiro atoms. The smallest absolute Gasteiger partial charge is 0.316 e. The molecule has 0 unspecified atom stereocenters. The van der Waals surface area contributed by atoms with E-state index in [2.05, 4.69) is 15.7 Å². The monoisotopic (exact) mass is 391 g/mol. The van der Waals surface area contributed by atoms with E-state index >= 15 is 0 Å². The summed E-state index contributed by atoms with van der Waals surface area (Å²) in [6.07, 6.45) is 0.439. The van der Waals surface area contributed by atoms with Crippen LogP contribution in [0.3, 0.4) is 0 Å². The van der Waals surface area contributed by atoms with Gasteiger partial charge in [0.1, 0.15) is 0 Å². The zero-order valence-electron chi connectivity index (χ0n) is 17.1. The number of anilines is 3. The largest absolute Gasteiger partial charge is 0.323 e. The van der Waals surface area contributed by atoms with Crippen molar-refractivity contribution in [2.24, 2.45) is 0 Å². The normalized spacial score (nSPS) is 10.5. The summed E-state index contributed by atoms with van der Waals surface area (Å²) in [4.78, 5) is 25.9. The summed E-state index contributed by atoms with van der Waals surface area (Å²) in [6.45, 7) is 5.60. The lowest BCUT2D eigenvalue weighted by molar-refractivity contribution is -0.118. The molecule has 0 saturated heterocycles. The Morgan fingerprint density at radius 1 is 1.00 bits per heavy atom. The molecular formula is C22H25N5O2. The van der Waals surface area contributed by atoms with Crippen LogP contribution in [0.5, 0.6) is 0 Å². The van der Waals surface area contributed by atoms with E-state index in [0.717, 1.165) is 22.8 Å². The molecule has 3 amide bonds. The number of nitrogens with zero attached hydrogens (tertiary/aromatic N) is 3. The Kier molecular flexibility index (Phi) is 5.97. The minimum Gasteiger partial charge on any atom is -0.316 e. The van der Waals surface area contributed by atoms with Gasteiger partial charge in [-0.15, -0.1) is 0 Å². The molecule has 2 aromatic carbocycles. The van der Waals surface area contributed by atoms with Crippen LogP contribution in [0.1, 0.15) is 24.7 Å². The van der Waals surface area contributed by atoms with Crippen molar-refractivity contribution in [3.05, 3.63) is 66.0 Å². The van der Waals surface area contributed by atoms with Crippen molar-refractivity contribution >= 4 is 29.0 Å². The molecule has 3 rings (SSSR count). The van der Waals surface area contributed by atoms with Gasteiger partial charge in [-0.3, -0.25) is 4.79 Å². The second kappa shape index (κ2) is 8.60. The molecule has 7 heteroatoms. The Balaban J connectivity index is 1.70. The van der Waals surface area contributed by atoms with Gasteiger partial charge in [0.2, 0.25) is 5.91 Å². The lowest BCUT2D eigenvalue weighted by Gasteiger charge is -2.17. The number of nitrogens with one attached hydrogen (secondary N) is 2. The number of para-hydroxylation sites is 1. The number of rotatable bonds is 5. The van der Waals surface area contributed by atoms with Crippen molar-refractivity contribution in [3.63, 3.8) is 0 Å². The first-order chi connectivity index (χ1) is 13.9. The number of carbonyl (C=O) groups is 2. The van der Waals surface area contributed by atoms with Crippen LogP contribution in [-0.4, -0.2) is 28.8 Å². The zero-order chi connectivity index (χ0) is 21.0. The van der Waals surface area contributed by atoms with Crippen molar-refractivity contribution < 1.29 is 9.59 Å². The van der Waals surface area contributed by atoms with Gasteiger partial charge in [-0.1, -0.05) is 25.1 Å². The topological polar surface area (TPSA) is 79.3 Å². The van der Waals surface area contributed by atoms with E-state index in [-0.39, 0.29) is 11.9 Å². The predicted molar refractivity (Wildman–Crippen MR) is 116 cm³/mol. The van der Waals surface area contributed by atoms with E-state index in [1.807, 2.05) is 51.1 Å². The number of amides is 3. The third-order valence-electron chi connectivity index (χ3n) is 4.72. The van der Waals surface area contributed by atoms with Gasteiger partial charge in [0.15, 0.2) is 0 Å². The van der Waals surface area contributed by atoms with E-state index in [9.17, 15) is 9.59 Å². The minimum absolute atomic E-state index is 0.0323. The second-order valence-corrected chi connectivity index (χ2v) is 6.73. The number of carbonyl (C=O) groups excluding carboxylic acids is 2. The summed E-state index contributed by atoms with van der Waals surface area (Å²) in [5.41, 5.74) is 4.60. The average molecular weight is 391 g/mol. The Labute approximate surface area is 170 Å². The van der Waals surface area contributed by atoms with E-state index in [0.29, 0.717) is 17.8 Å². The Hall–Kier alpha value is -3.61. The van der Waals surface area contributed by atoms with E-state index in [4.69, 9.17) is 0 Å². The Morgan fingerprint density at radius 3 is 2.28 bits per heavy atom. The number of aromatic nitrogens is 2. The van der Waals surface area contributed by atoms with Crippen LogP contribution in [0.25, 0.3) is 5.69 Å². The van der Waals surface area contributed by atoms with Gasteiger partial charge in [-0.25, -0.2) is 9.48 Å². The maximum absolute atomic E-state index is 12.5. The molecule has 0 saturated carbocycles. The molecule has 0 aliphatic rings. The third-order valence-corrected chi connectivity index (χ3v) is 4.72. The van der Waals surface area contributed by atoms with Gasteiger partial charge >= 0.3 is 6.03 Å². The van der Waals surface area contributed by atoms with Crippen molar-refractivity contribution in [1.82, 2.24) is 9.78 Å². The molecule has 0 aliphatic carbocycles. The van der Waals surface area contributed by atoms with Gasteiger partial charge in [-0.05, 0) is 50.2 Å². The average Bonchev–Trinajstić information content (AvgIpc) is 3.02. The van der Waals surface area contributed by atoms with Crippen LogP contribution in [-0.2, 0) is 4.79 Å². The zero-order valence-corrected chi connectivity index (χ0v) is 17.1. The number of urea groups is 1. The van der Waals surface area contributed by atoms with Crippen molar-refractivity contribution in [2.45, 2.75) is 27.2 Å². The highest BCUT2D eigenvalue weighted by Crippen LogP contribution is 2.23. The maximum atomic E-state index is 12.5.